The number of nitrogens with zero attached hydrogens (tertiary/aromatic N) is 1. The van der Waals surface area contributed by atoms with Crippen molar-refractivity contribution >= 4 is 42.9 Å². The minimum Gasteiger partial charge on any atom is -0.343 e. The van der Waals surface area contributed by atoms with Gasteiger partial charge in [0.05, 0.1) is 10.4 Å². The molecule has 0 atom stereocenters. The lowest BCUT2D eigenvalue weighted by molar-refractivity contribution is 0.866. The summed E-state index contributed by atoms with van der Waals surface area (Å²) in [6, 6.07) is 22.2. The van der Waals surface area contributed by atoms with Gasteiger partial charge in [-0.05, 0) is 42.2 Å². The number of hydrogen-bond acceptors (Lipinski definition) is 2. The van der Waals surface area contributed by atoms with Gasteiger partial charge in [-0.15, -0.1) is 11.3 Å². The van der Waals surface area contributed by atoms with Crippen molar-refractivity contribution in [3.05, 3.63) is 71.8 Å². The largest absolute Gasteiger partial charge is 0.343 e. The molecule has 0 aliphatic rings. The van der Waals surface area contributed by atoms with Crippen molar-refractivity contribution in [3.8, 4) is 0 Å². The highest BCUT2D eigenvalue weighted by molar-refractivity contribution is 7.26. The van der Waals surface area contributed by atoms with Crippen molar-refractivity contribution in [1.82, 2.24) is 0 Å². The number of rotatable bonds is 3. The van der Waals surface area contributed by atoms with E-state index in [9.17, 15) is 0 Å². The van der Waals surface area contributed by atoms with Crippen molar-refractivity contribution in [1.29, 1.82) is 0 Å². The van der Waals surface area contributed by atoms with Crippen LogP contribution in [-0.2, 0) is 0 Å². The molecular formula is C23H23NS. The van der Waals surface area contributed by atoms with Crippen molar-refractivity contribution < 1.29 is 0 Å². The molecule has 1 heterocycles. The molecule has 0 amide bonds. The van der Waals surface area contributed by atoms with Crippen LogP contribution in [0.2, 0.25) is 0 Å². The number of fused-ring (bicyclic) bond motifs is 3. The zero-order valence-electron chi connectivity index (χ0n) is 15.2. The summed E-state index contributed by atoms with van der Waals surface area (Å²) in [4.78, 5) is 2.30. The first-order chi connectivity index (χ1) is 12.1. The van der Waals surface area contributed by atoms with E-state index in [4.69, 9.17) is 0 Å². The van der Waals surface area contributed by atoms with E-state index in [2.05, 4.69) is 93.4 Å². The Labute approximate surface area is 153 Å². The Bertz CT molecular complexity index is 1040. The fraction of sp³-hybridized carbons (Fsp3) is 0.217. The van der Waals surface area contributed by atoms with Crippen molar-refractivity contribution in [2.75, 3.05) is 11.9 Å². The molecule has 2 heteroatoms. The fourth-order valence-electron chi connectivity index (χ4n) is 3.43. The van der Waals surface area contributed by atoms with Gasteiger partial charge >= 0.3 is 0 Å². The third-order valence-electron chi connectivity index (χ3n) is 5.01. The number of thiophene rings is 1. The van der Waals surface area contributed by atoms with Crippen LogP contribution in [0.25, 0.3) is 20.2 Å². The maximum absolute atomic E-state index is 2.30. The predicted molar refractivity (Wildman–Crippen MR) is 113 cm³/mol. The molecular weight excluding hydrogens is 322 g/mol. The van der Waals surface area contributed by atoms with E-state index >= 15 is 0 Å². The van der Waals surface area contributed by atoms with E-state index in [0.717, 1.165) is 0 Å². The van der Waals surface area contributed by atoms with Crippen LogP contribution < -0.4 is 4.90 Å². The quantitative estimate of drug-likeness (QED) is 0.378. The average molecular weight is 346 g/mol. The second-order valence-electron chi connectivity index (χ2n) is 7.01. The minimum atomic E-state index is 0.563. The molecule has 1 nitrogen and oxygen atoms in total. The van der Waals surface area contributed by atoms with Gasteiger partial charge in [0.1, 0.15) is 0 Å². The van der Waals surface area contributed by atoms with E-state index in [1.807, 2.05) is 11.3 Å². The Morgan fingerprint density at radius 3 is 2.12 bits per heavy atom. The van der Waals surface area contributed by atoms with Crippen LogP contribution in [0.15, 0.2) is 60.7 Å². The molecule has 0 spiro atoms. The molecule has 0 saturated heterocycles. The van der Waals surface area contributed by atoms with E-state index in [0.29, 0.717) is 5.92 Å². The van der Waals surface area contributed by atoms with Gasteiger partial charge in [0.25, 0.3) is 0 Å². The summed E-state index contributed by atoms with van der Waals surface area (Å²) in [6.07, 6.45) is 0. The molecule has 25 heavy (non-hydrogen) atoms. The van der Waals surface area contributed by atoms with Gasteiger partial charge in [0.15, 0.2) is 0 Å². The van der Waals surface area contributed by atoms with Crippen LogP contribution in [0.1, 0.15) is 30.9 Å². The first kappa shape index (κ1) is 16.2. The molecule has 0 unspecified atom stereocenters. The first-order valence-electron chi connectivity index (χ1n) is 8.81. The van der Waals surface area contributed by atoms with E-state index in [1.54, 1.807) is 0 Å². The summed E-state index contributed by atoms with van der Waals surface area (Å²) in [7, 11) is 2.16. The van der Waals surface area contributed by atoms with Gasteiger partial charge in [-0.1, -0.05) is 56.3 Å². The Balaban J connectivity index is 1.85. The summed E-state index contributed by atoms with van der Waals surface area (Å²) in [5.41, 5.74) is 5.24. The number of anilines is 2. The molecule has 0 aliphatic heterocycles. The van der Waals surface area contributed by atoms with Crippen molar-refractivity contribution in [2.24, 2.45) is 0 Å². The highest BCUT2D eigenvalue weighted by Crippen LogP contribution is 2.42. The second-order valence-corrected chi connectivity index (χ2v) is 8.03. The Hall–Kier alpha value is -2.32. The van der Waals surface area contributed by atoms with Gasteiger partial charge in [-0.25, -0.2) is 0 Å². The van der Waals surface area contributed by atoms with Gasteiger partial charge in [0.2, 0.25) is 0 Å². The maximum Gasteiger partial charge on any atom is 0.0592 e. The predicted octanol–water partition coefficient (Wildman–Crippen LogP) is 7.25. The van der Waals surface area contributed by atoms with E-state index in [1.165, 1.54) is 42.7 Å². The van der Waals surface area contributed by atoms with Gasteiger partial charge in [-0.2, -0.15) is 0 Å². The standard InChI is InChI=1S/C23H23NS/c1-15(2)17-11-13-18(14-12-17)24(4)21-10-6-9-20-19-8-5-7-16(3)22(19)25-23(20)21/h5-15H,1-4H3. The highest BCUT2D eigenvalue weighted by Gasteiger charge is 2.13. The Morgan fingerprint density at radius 2 is 1.44 bits per heavy atom. The lowest BCUT2D eigenvalue weighted by atomic mass is 10.0. The summed E-state index contributed by atoms with van der Waals surface area (Å²) >= 11 is 1.90. The molecule has 0 radical (unpaired) electrons. The number of hydrogen-bond donors (Lipinski definition) is 0. The fourth-order valence-corrected chi connectivity index (χ4v) is 4.75. The maximum atomic E-state index is 2.30. The minimum absolute atomic E-state index is 0.563. The number of aryl methyl sites for hydroxylation is 1. The van der Waals surface area contributed by atoms with Crippen LogP contribution in [0.4, 0.5) is 11.4 Å². The lowest BCUT2D eigenvalue weighted by Gasteiger charge is -2.21. The third kappa shape index (κ3) is 2.71. The zero-order valence-corrected chi connectivity index (χ0v) is 16.0. The SMILES string of the molecule is Cc1cccc2c1sc1c(N(C)c3ccc(C(C)C)cc3)cccc12. The van der Waals surface area contributed by atoms with Gasteiger partial charge in [0, 0.05) is 28.2 Å². The summed E-state index contributed by atoms with van der Waals surface area (Å²) in [5.74, 6) is 0.563. The van der Waals surface area contributed by atoms with Crippen LogP contribution >= 0.6 is 11.3 Å². The van der Waals surface area contributed by atoms with Gasteiger partial charge in [-0.3, -0.25) is 0 Å². The van der Waals surface area contributed by atoms with Crippen molar-refractivity contribution in [2.45, 2.75) is 26.7 Å². The molecule has 4 aromatic rings. The molecule has 126 valence electrons. The molecule has 0 fully saturated rings. The van der Waals surface area contributed by atoms with E-state index in [-0.39, 0.29) is 0 Å². The summed E-state index contributed by atoms with van der Waals surface area (Å²) < 4.78 is 2.76. The Morgan fingerprint density at radius 1 is 0.800 bits per heavy atom. The average Bonchev–Trinajstić information content (AvgIpc) is 3.01. The molecule has 4 rings (SSSR count). The Kier molecular flexibility index (Phi) is 4.01. The van der Waals surface area contributed by atoms with Crippen LogP contribution in [0, 0.1) is 6.92 Å². The third-order valence-corrected chi connectivity index (χ3v) is 6.39. The summed E-state index contributed by atoms with van der Waals surface area (Å²) in [6.45, 7) is 6.67. The van der Waals surface area contributed by atoms with Gasteiger partial charge < -0.3 is 4.90 Å². The van der Waals surface area contributed by atoms with Crippen LogP contribution in [0.5, 0.6) is 0 Å². The molecule has 3 aromatic carbocycles. The van der Waals surface area contributed by atoms with Crippen LogP contribution in [0.3, 0.4) is 0 Å². The molecule has 0 aliphatic carbocycles. The normalized spacial score (nSPS) is 11.6. The highest BCUT2D eigenvalue weighted by atomic mass is 32.1. The molecule has 0 bridgehead atoms. The van der Waals surface area contributed by atoms with Crippen molar-refractivity contribution in [3.63, 3.8) is 0 Å². The number of benzene rings is 3. The second kappa shape index (κ2) is 6.20. The zero-order chi connectivity index (χ0) is 17.6. The monoisotopic (exact) mass is 345 g/mol. The lowest BCUT2D eigenvalue weighted by Crippen LogP contribution is -2.09. The molecule has 0 N–H and O–H groups in total. The van der Waals surface area contributed by atoms with E-state index < -0.39 is 0 Å². The molecule has 1 aromatic heterocycles. The topological polar surface area (TPSA) is 3.24 Å². The summed E-state index contributed by atoms with van der Waals surface area (Å²) in [5, 5.41) is 2.72. The first-order valence-corrected chi connectivity index (χ1v) is 9.62. The molecule has 0 saturated carbocycles. The smallest absolute Gasteiger partial charge is 0.0592 e. The van der Waals surface area contributed by atoms with Crippen LogP contribution in [-0.4, -0.2) is 7.05 Å².